The van der Waals surface area contributed by atoms with Crippen LogP contribution in [0.1, 0.15) is 27.0 Å². The Kier molecular flexibility index (Phi) is 11.3. The normalized spacial score (nSPS) is 11.4. The molecule has 0 aliphatic heterocycles. The summed E-state index contributed by atoms with van der Waals surface area (Å²) in [7, 11) is 1.34. The van der Waals surface area contributed by atoms with E-state index in [0.717, 1.165) is 11.1 Å². The zero-order chi connectivity index (χ0) is 29.7. The molecule has 1 unspecified atom stereocenters. The van der Waals surface area contributed by atoms with Crippen LogP contribution in [0.4, 0.5) is 5.69 Å². The summed E-state index contributed by atoms with van der Waals surface area (Å²) in [6.45, 7) is 1.15. The Labute approximate surface area is 250 Å². The molecule has 0 aliphatic rings. The Bertz CT molecular complexity index is 1490. The lowest BCUT2D eigenvalue weighted by Gasteiger charge is -2.20. The Morgan fingerprint density at radius 3 is 2.31 bits per heavy atom. The summed E-state index contributed by atoms with van der Waals surface area (Å²) in [5, 5.41) is 6.94. The number of benzene rings is 4. The fourth-order valence-corrected chi connectivity index (χ4v) is 4.65. The number of carbonyl (C=O) groups excluding carboxylic acids is 3. The number of hydrogen-bond donors (Lipinski definition) is 2. The predicted octanol–water partition coefficient (Wildman–Crippen LogP) is 5.55. The van der Waals surface area contributed by atoms with Crippen LogP contribution in [0.25, 0.3) is 0 Å². The third-order valence-corrected chi connectivity index (χ3v) is 6.78. The van der Waals surface area contributed by atoms with Crippen LogP contribution < -0.4 is 15.4 Å². The van der Waals surface area contributed by atoms with E-state index >= 15 is 0 Å². The molecule has 42 heavy (non-hydrogen) atoms. The van der Waals surface area contributed by atoms with Crippen LogP contribution >= 0.6 is 11.6 Å². The maximum absolute atomic E-state index is 13.1. The van der Waals surface area contributed by atoms with Crippen LogP contribution in [0, 0.1) is 0 Å². The van der Waals surface area contributed by atoms with E-state index in [4.69, 9.17) is 21.1 Å². The number of nitrogens with one attached hydrogen (secondary N) is 2. The average Bonchev–Trinajstić information content (AvgIpc) is 3.01. The first-order valence-corrected chi connectivity index (χ1v) is 14.0. The van der Waals surface area contributed by atoms with Gasteiger partial charge in [0.25, 0.3) is 0 Å². The summed E-state index contributed by atoms with van der Waals surface area (Å²) < 4.78 is 10.8. The Morgan fingerprint density at radius 1 is 0.833 bits per heavy atom. The fraction of sp³-hybridized carbons (Fsp3) is 0.206. The van der Waals surface area contributed by atoms with Gasteiger partial charge in [-0.1, -0.05) is 78.3 Å². The van der Waals surface area contributed by atoms with E-state index in [0.29, 0.717) is 53.6 Å². The van der Waals surface area contributed by atoms with Gasteiger partial charge in [0, 0.05) is 41.2 Å². The molecule has 1 atom stereocenters. The zero-order valence-electron chi connectivity index (χ0n) is 23.3. The Morgan fingerprint density at radius 2 is 1.57 bits per heavy atom. The van der Waals surface area contributed by atoms with E-state index < -0.39 is 12.0 Å². The summed E-state index contributed by atoms with van der Waals surface area (Å²) in [6, 6.07) is 30.2. The van der Waals surface area contributed by atoms with Crippen LogP contribution in [-0.2, 0) is 27.2 Å². The molecule has 8 heteroatoms. The minimum Gasteiger partial charge on any atom is -0.492 e. The highest BCUT2D eigenvalue weighted by Gasteiger charge is 2.22. The quantitative estimate of drug-likeness (QED) is 0.108. The molecule has 0 saturated carbocycles. The van der Waals surface area contributed by atoms with Crippen molar-refractivity contribution >= 4 is 34.8 Å². The van der Waals surface area contributed by atoms with E-state index in [1.54, 1.807) is 42.5 Å². The van der Waals surface area contributed by atoms with Gasteiger partial charge in [0.15, 0.2) is 11.6 Å². The maximum Gasteiger partial charge on any atom is 0.328 e. The second-order valence-electron chi connectivity index (χ2n) is 9.68. The third kappa shape index (κ3) is 9.03. The molecule has 0 bridgehead atoms. The molecule has 4 rings (SSSR count). The Balaban J connectivity index is 1.28. The summed E-state index contributed by atoms with van der Waals surface area (Å²) >= 11 is 5.98. The number of ketones is 2. The lowest BCUT2D eigenvalue weighted by molar-refractivity contribution is -0.141. The molecule has 216 valence electrons. The number of para-hydroxylation sites is 1. The SMILES string of the molecule is COC(=O)C(Cc1ccc(OCCNCC(=O)Cc2cccc(Cl)c2)cc1)Nc1ccccc1C(=O)c1ccccc1. The highest BCUT2D eigenvalue weighted by molar-refractivity contribution is 6.30. The smallest absolute Gasteiger partial charge is 0.328 e. The highest BCUT2D eigenvalue weighted by atomic mass is 35.5. The molecule has 0 fully saturated rings. The van der Waals surface area contributed by atoms with Gasteiger partial charge in [-0.2, -0.15) is 0 Å². The molecule has 2 N–H and O–H groups in total. The molecule has 0 amide bonds. The number of ether oxygens (including phenoxy) is 2. The Hall–Kier alpha value is -4.46. The van der Waals surface area contributed by atoms with Gasteiger partial charge in [-0.15, -0.1) is 0 Å². The van der Waals surface area contributed by atoms with Crippen molar-refractivity contribution in [2.24, 2.45) is 0 Å². The summed E-state index contributed by atoms with van der Waals surface area (Å²) in [4.78, 5) is 38.0. The lowest BCUT2D eigenvalue weighted by Crippen LogP contribution is -2.33. The van der Waals surface area contributed by atoms with Crippen molar-refractivity contribution in [1.82, 2.24) is 5.32 Å². The average molecular weight is 585 g/mol. The number of hydrogen-bond acceptors (Lipinski definition) is 7. The van der Waals surface area contributed by atoms with E-state index in [2.05, 4.69) is 10.6 Å². The van der Waals surface area contributed by atoms with E-state index in [9.17, 15) is 14.4 Å². The van der Waals surface area contributed by atoms with Gasteiger partial charge >= 0.3 is 5.97 Å². The fourth-order valence-electron chi connectivity index (χ4n) is 4.44. The van der Waals surface area contributed by atoms with Gasteiger partial charge in [-0.05, 0) is 47.5 Å². The predicted molar refractivity (Wildman–Crippen MR) is 164 cm³/mol. The molecule has 4 aromatic carbocycles. The zero-order valence-corrected chi connectivity index (χ0v) is 24.1. The molecule has 0 aromatic heterocycles. The number of methoxy groups -OCH3 is 1. The first kappa shape index (κ1) is 30.5. The third-order valence-electron chi connectivity index (χ3n) is 6.55. The summed E-state index contributed by atoms with van der Waals surface area (Å²) in [5.74, 6) is 0.173. The van der Waals surface area contributed by atoms with Crippen LogP contribution in [-0.4, -0.2) is 50.4 Å². The standard InChI is InChI=1S/C34H33ClN2O5/c1-41-34(40)32(37-31-13-6-5-12-30(31)33(39)26-9-3-2-4-10-26)22-24-14-16-29(17-15-24)42-19-18-36-23-28(38)21-25-8-7-11-27(35)20-25/h2-17,20,32,36-37H,18-19,21-23H2,1H3. The molecule has 0 radical (unpaired) electrons. The number of Topliss-reactive ketones (excluding diaryl/α,β-unsaturated/α-hetero) is 1. The molecular formula is C34H33ClN2O5. The molecule has 4 aromatic rings. The van der Waals surface area contributed by atoms with Crippen molar-refractivity contribution in [3.8, 4) is 5.75 Å². The second-order valence-corrected chi connectivity index (χ2v) is 10.1. The maximum atomic E-state index is 13.1. The van der Waals surface area contributed by atoms with Crippen LogP contribution in [0.5, 0.6) is 5.75 Å². The van der Waals surface area contributed by atoms with Gasteiger partial charge in [0.2, 0.25) is 0 Å². The van der Waals surface area contributed by atoms with Crippen molar-refractivity contribution in [3.63, 3.8) is 0 Å². The lowest BCUT2D eigenvalue weighted by atomic mass is 10.00. The van der Waals surface area contributed by atoms with Crippen LogP contribution in [0.15, 0.2) is 103 Å². The van der Waals surface area contributed by atoms with Gasteiger partial charge in [-0.3, -0.25) is 9.59 Å². The molecular weight excluding hydrogens is 552 g/mol. The van der Waals surface area contributed by atoms with Gasteiger partial charge in [0.1, 0.15) is 18.4 Å². The molecule has 0 aliphatic carbocycles. The van der Waals surface area contributed by atoms with Gasteiger partial charge in [-0.25, -0.2) is 4.79 Å². The van der Waals surface area contributed by atoms with Crippen molar-refractivity contribution in [2.45, 2.75) is 18.9 Å². The number of anilines is 1. The van der Waals surface area contributed by atoms with Crippen molar-refractivity contribution in [2.75, 3.05) is 32.1 Å². The summed E-state index contributed by atoms with van der Waals surface area (Å²) in [5.41, 5.74) is 3.37. The topological polar surface area (TPSA) is 93.7 Å². The molecule has 0 heterocycles. The van der Waals surface area contributed by atoms with Crippen LogP contribution in [0.2, 0.25) is 5.02 Å². The molecule has 0 saturated heterocycles. The molecule has 0 spiro atoms. The number of rotatable bonds is 15. The van der Waals surface area contributed by atoms with Crippen molar-refractivity contribution in [1.29, 1.82) is 0 Å². The van der Waals surface area contributed by atoms with E-state index in [1.165, 1.54) is 7.11 Å². The minimum atomic E-state index is -0.708. The van der Waals surface area contributed by atoms with Crippen molar-refractivity contribution < 1.29 is 23.9 Å². The number of halogens is 1. The van der Waals surface area contributed by atoms with E-state index in [1.807, 2.05) is 60.7 Å². The van der Waals surface area contributed by atoms with Crippen molar-refractivity contribution in [3.05, 3.63) is 130 Å². The molecule has 7 nitrogen and oxygen atoms in total. The highest BCUT2D eigenvalue weighted by Crippen LogP contribution is 2.22. The summed E-state index contributed by atoms with van der Waals surface area (Å²) in [6.07, 6.45) is 0.670. The van der Waals surface area contributed by atoms with Gasteiger partial charge in [0.05, 0.1) is 13.7 Å². The second kappa shape index (κ2) is 15.5. The largest absolute Gasteiger partial charge is 0.492 e. The van der Waals surface area contributed by atoms with Gasteiger partial charge < -0.3 is 20.1 Å². The van der Waals surface area contributed by atoms with Crippen LogP contribution in [0.3, 0.4) is 0 Å². The minimum absolute atomic E-state index is 0.0717. The monoisotopic (exact) mass is 584 g/mol. The van der Waals surface area contributed by atoms with E-state index in [-0.39, 0.29) is 18.1 Å². The number of carbonyl (C=O) groups is 3. The number of esters is 1. The first-order valence-electron chi connectivity index (χ1n) is 13.6. The first-order chi connectivity index (χ1) is 20.4.